The molecule has 0 spiro atoms. The summed E-state index contributed by atoms with van der Waals surface area (Å²) in [5.74, 6) is -0.155. The van der Waals surface area contributed by atoms with Gasteiger partial charge in [0.2, 0.25) is 0 Å². The van der Waals surface area contributed by atoms with Crippen LogP contribution in [0.5, 0.6) is 0 Å². The summed E-state index contributed by atoms with van der Waals surface area (Å²) in [6.07, 6.45) is 9.04. The number of nitrogens with zero attached hydrogens (tertiary/aromatic N) is 1. The van der Waals surface area contributed by atoms with Crippen LogP contribution in [0.1, 0.15) is 25.7 Å². The van der Waals surface area contributed by atoms with Crippen molar-refractivity contribution in [1.29, 1.82) is 5.26 Å². The molecule has 0 saturated carbocycles. The molecule has 6 heteroatoms. The fourth-order valence-electron chi connectivity index (χ4n) is 2.54. The lowest BCUT2D eigenvalue weighted by Gasteiger charge is -2.15. The molecule has 108 valence electrons. The molecule has 0 aromatic heterocycles. The molecule has 1 aliphatic carbocycles. The van der Waals surface area contributed by atoms with E-state index in [1.807, 2.05) is 6.07 Å². The summed E-state index contributed by atoms with van der Waals surface area (Å²) in [7, 11) is -3.03. The molecule has 0 aromatic rings. The highest BCUT2D eigenvalue weighted by atomic mass is 32.2. The molecule has 1 amide bonds. The predicted octanol–water partition coefficient (Wildman–Crippen LogP) is 1.10. The second-order valence-electron chi connectivity index (χ2n) is 5.31. The molecule has 20 heavy (non-hydrogen) atoms. The van der Waals surface area contributed by atoms with Crippen molar-refractivity contribution in [1.82, 2.24) is 5.32 Å². The van der Waals surface area contributed by atoms with Gasteiger partial charge in [-0.25, -0.2) is 8.42 Å². The van der Waals surface area contributed by atoms with Gasteiger partial charge in [-0.1, -0.05) is 18.2 Å². The van der Waals surface area contributed by atoms with E-state index >= 15 is 0 Å². The number of hydrogen-bond donors (Lipinski definition) is 1. The quantitative estimate of drug-likeness (QED) is 0.479. The molecule has 2 rings (SSSR count). The average Bonchev–Trinajstić information content (AvgIpc) is 2.76. The van der Waals surface area contributed by atoms with Crippen LogP contribution in [0.15, 0.2) is 23.8 Å². The third-order valence-electron chi connectivity index (χ3n) is 3.64. The maximum absolute atomic E-state index is 12.0. The minimum atomic E-state index is -3.03. The minimum Gasteiger partial charge on any atom is -0.348 e. The Bertz CT molecular complexity index is 584. The molecule has 2 unspecified atom stereocenters. The van der Waals surface area contributed by atoms with Crippen molar-refractivity contribution in [2.45, 2.75) is 31.7 Å². The molecule has 2 atom stereocenters. The van der Waals surface area contributed by atoms with Crippen LogP contribution >= 0.6 is 0 Å². The maximum atomic E-state index is 12.0. The maximum Gasteiger partial charge on any atom is 0.261 e. The smallest absolute Gasteiger partial charge is 0.261 e. The van der Waals surface area contributed by atoms with E-state index in [1.165, 1.54) is 0 Å². The summed E-state index contributed by atoms with van der Waals surface area (Å²) in [5.41, 5.74) is 0.0922. The minimum absolute atomic E-state index is 0.0242. The lowest BCUT2D eigenvalue weighted by Crippen LogP contribution is -2.36. The Morgan fingerprint density at radius 3 is 2.70 bits per heavy atom. The van der Waals surface area contributed by atoms with Crippen molar-refractivity contribution in [2.24, 2.45) is 5.92 Å². The summed E-state index contributed by atoms with van der Waals surface area (Å²) in [6.45, 7) is 0. The van der Waals surface area contributed by atoms with Crippen LogP contribution in [0.4, 0.5) is 0 Å². The first kappa shape index (κ1) is 14.8. The number of rotatable bonds is 3. The van der Waals surface area contributed by atoms with Crippen LogP contribution in [0.3, 0.4) is 0 Å². The zero-order chi connectivity index (χ0) is 14.6. The van der Waals surface area contributed by atoms with Gasteiger partial charge in [0.15, 0.2) is 9.84 Å². The van der Waals surface area contributed by atoms with Gasteiger partial charge in [0.05, 0.1) is 11.5 Å². The van der Waals surface area contributed by atoms with Crippen molar-refractivity contribution in [3.05, 3.63) is 23.8 Å². The van der Waals surface area contributed by atoms with Crippen molar-refractivity contribution < 1.29 is 13.2 Å². The fourth-order valence-corrected chi connectivity index (χ4v) is 4.21. The second kappa shape index (κ2) is 6.23. The van der Waals surface area contributed by atoms with Crippen LogP contribution in [0.2, 0.25) is 0 Å². The molecule has 0 aromatic carbocycles. The number of amides is 1. The lowest BCUT2D eigenvalue weighted by molar-refractivity contribution is -0.117. The number of hydrogen-bond acceptors (Lipinski definition) is 4. The molecular weight excluding hydrogens is 276 g/mol. The van der Waals surface area contributed by atoms with Gasteiger partial charge in [0.1, 0.15) is 11.6 Å². The second-order valence-corrected chi connectivity index (χ2v) is 7.54. The highest BCUT2D eigenvalue weighted by Gasteiger charge is 2.29. The zero-order valence-corrected chi connectivity index (χ0v) is 12.0. The van der Waals surface area contributed by atoms with Crippen molar-refractivity contribution in [3.63, 3.8) is 0 Å². The molecule has 5 nitrogen and oxygen atoms in total. The topological polar surface area (TPSA) is 87.0 Å². The van der Waals surface area contributed by atoms with Gasteiger partial charge in [-0.2, -0.15) is 5.26 Å². The molecular formula is C14H18N2O3S. The third-order valence-corrected chi connectivity index (χ3v) is 5.41. The Hall–Kier alpha value is -1.61. The Morgan fingerprint density at radius 2 is 2.15 bits per heavy atom. The fraction of sp³-hybridized carbons (Fsp3) is 0.571. The molecule has 1 heterocycles. The van der Waals surface area contributed by atoms with E-state index in [0.717, 1.165) is 19.3 Å². The molecule has 2 aliphatic rings. The summed E-state index contributed by atoms with van der Waals surface area (Å²) in [5, 5.41) is 11.7. The third kappa shape index (κ3) is 3.94. The first-order chi connectivity index (χ1) is 9.50. The van der Waals surface area contributed by atoms with Gasteiger partial charge in [0, 0.05) is 6.04 Å². The molecule has 1 N–H and O–H groups in total. The Morgan fingerprint density at radius 1 is 1.35 bits per heavy atom. The van der Waals surface area contributed by atoms with E-state index in [-0.39, 0.29) is 29.0 Å². The largest absolute Gasteiger partial charge is 0.348 e. The number of carbonyl (C=O) groups excluding carboxylic acids is 1. The Kier molecular flexibility index (Phi) is 4.61. The zero-order valence-electron chi connectivity index (χ0n) is 11.2. The highest BCUT2D eigenvalue weighted by molar-refractivity contribution is 7.91. The van der Waals surface area contributed by atoms with E-state index in [1.54, 1.807) is 6.08 Å². The average molecular weight is 294 g/mol. The summed E-state index contributed by atoms with van der Waals surface area (Å²) in [4.78, 5) is 12.0. The number of nitriles is 1. The van der Waals surface area contributed by atoms with Crippen LogP contribution in [-0.4, -0.2) is 31.9 Å². The van der Waals surface area contributed by atoms with Gasteiger partial charge >= 0.3 is 0 Å². The number of carbonyl (C=O) groups is 1. The van der Waals surface area contributed by atoms with E-state index in [0.29, 0.717) is 6.42 Å². The first-order valence-corrected chi connectivity index (χ1v) is 8.60. The highest BCUT2D eigenvalue weighted by Crippen LogP contribution is 2.21. The van der Waals surface area contributed by atoms with Gasteiger partial charge in [-0.05, 0) is 31.6 Å². The van der Waals surface area contributed by atoms with Crippen molar-refractivity contribution >= 4 is 15.7 Å². The van der Waals surface area contributed by atoms with Crippen molar-refractivity contribution in [2.75, 3.05) is 11.5 Å². The predicted molar refractivity (Wildman–Crippen MR) is 75.4 cm³/mol. The van der Waals surface area contributed by atoms with Crippen LogP contribution in [0.25, 0.3) is 0 Å². The molecule has 1 fully saturated rings. The molecule has 0 bridgehead atoms. The standard InChI is InChI=1S/C14H18N2O3S/c15-9-12(8-11-4-2-1-3-5-11)14(17)16-13-6-7-20(18,19)10-13/h1-2,8,11,13H,3-7,10H2,(H,16,17)/b12-8+. The number of sulfone groups is 1. The monoisotopic (exact) mass is 294 g/mol. The van der Waals surface area contributed by atoms with E-state index in [2.05, 4.69) is 17.5 Å². The Labute approximate surface area is 119 Å². The van der Waals surface area contributed by atoms with Crippen LogP contribution in [-0.2, 0) is 14.6 Å². The van der Waals surface area contributed by atoms with Gasteiger partial charge in [0.25, 0.3) is 5.91 Å². The summed E-state index contributed by atoms with van der Waals surface area (Å²) in [6, 6.07) is 1.55. The Balaban J connectivity index is 1.97. The van der Waals surface area contributed by atoms with E-state index < -0.39 is 15.7 Å². The van der Waals surface area contributed by atoms with Gasteiger partial charge in [-0.3, -0.25) is 4.79 Å². The van der Waals surface area contributed by atoms with Crippen LogP contribution < -0.4 is 5.32 Å². The first-order valence-electron chi connectivity index (χ1n) is 6.78. The summed E-state index contributed by atoms with van der Waals surface area (Å²) < 4.78 is 22.7. The van der Waals surface area contributed by atoms with Crippen molar-refractivity contribution in [3.8, 4) is 6.07 Å². The van der Waals surface area contributed by atoms with E-state index in [9.17, 15) is 13.2 Å². The van der Waals surface area contributed by atoms with Gasteiger partial charge < -0.3 is 5.32 Å². The molecule has 1 aliphatic heterocycles. The van der Waals surface area contributed by atoms with Crippen LogP contribution in [0, 0.1) is 17.2 Å². The normalized spacial score (nSPS) is 28.9. The molecule has 0 radical (unpaired) electrons. The number of allylic oxidation sites excluding steroid dienone is 3. The van der Waals surface area contributed by atoms with E-state index in [4.69, 9.17) is 5.26 Å². The SMILES string of the molecule is N#C/C(=C\C1CC=CCC1)C(=O)NC1CCS(=O)(=O)C1. The molecule has 1 saturated heterocycles. The summed E-state index contributed by atoms with van der Waals surface area (Å²) >= 11 is 0. The lowest BCUT2D eigenvalue weighted by atomic mass is 9.92. The van der Waals surface area contributed by atoms with Gasteiger partial charge in [-0.15, -0.1) is 0 Å². The number of nitrogens with one attached hydrogen (secondary N) is 1.